The van der Waals surface area contributed by atoms with Crippen LogP contribution >= 0.6 is 34.0 Å². The number of hydrogen-bond donors (Lipinski definition) is 0. The Morgan fingerprint density at radius 3 is 1.69 bits per heavy atom. The van der Waals surface area contributed by atoms with Crippen molar-refractivity contribution in [1.29, 1.82) is 0 Å². The van der Waals surface area contributed by atoms with E-state index in [0.29, 0.717) is 17.6 Å². The molecule has 0 aliphatic heterocycles. The predicted octanol–water partition coefficient (Wildman–Crippen LogP) is 13.4. The maximum Gasteiger partial charge on any atom is 0.238 e. The summed E-state index contributed by atoms with van der Waals surface area (Å²) in [5, 5.41) is 9.86. The fraction of sp³-hybridized carbons (Fsp3) is 0. The van der Waals surface area contributed by atoms with Gasteiger partial charge in [-0.1, -0.05) is 103 Å². The molecule has 0 saturated heterocycles. The van der Waals surface area contributed by atoms with E-state index in [1.165, 1.54) is 71.3 Å². The van der Waals surface area contributed by atoms with Crippen LogP contribution in [0.2, 0.25) is 0 Å². The lowest BCUT2D eigenvalue weighted by Gasteiger charge is -2.12. The summed E-state index contributed by atoms with van der Waals surface area (Å²) in [6.07, 6.45) is 0. The third-order valence-corrected chi connectivity index (χ3v) is 13.9. The first-order valence-corrected chi connectivity index (χ1v) is 19.6. The van der Waals surface area contributed by atoms with Crippen molar-refractivity contribution in [3.63, 3.8) is 0 Å². The normalized spacial score (nSPS) is 12.2. The number of rotatable bonds is 3. The van der Waals surface area contributed by atoms with E-state index in [4.69, 9.17) is 15.0 Å². The average molecular weight is 717 g/mol. The Labute approximate surface area is 308 Å². The van der Waals surface area contributed by atoms with E-state index in [0.717, 1.165) is 22.2 Å². The predicted molar refractivity (Wildman–Crippen MR) is 224 cm³/mol. The molecule has 0 saturated carbocycles. The fourth-order valence-electron chi connectivity index (χ4n) is 8.04. The van der Waals surface area contributed by atoms with E-state index in [1.807, 2.05) is 22.7 Å². The van der Waals surface area contributed by atoms with Gasteiger partial charge in [0.2, 0.25) is 5.95 Å². The molecular formula is C45H24N4S3. The SMILES string of the molecule is c1ccc2c(c1)sc1c(-c3nc(-c4cccc5sc6ccccc6c45)nc(-n4c5ccccc5c5c6sc7ccccc7c6ccc54)n3)cccc12. The van der Waals surface area contributed by atoms with Crippen LogP contribution in [0.3, 0.4) is 0 Å². The smallest absolute Gasteiger partial charge is 0.238 e. The number of benzene rings is 7. The Hall–Kier alpha value is -5.99. The Bertz CT molecular complexity index is 3440. The maximum atomic E-state index is 5.41. The molecule has 5 aromatic heterocycles. The van der Waals surface area contributed by atoms with Gasteiger partial charge in [0.15, 0.2) is 11.6 Å². The lowest BCUT2D eigenvalue weighted by Crippen LogP contribution is -2.06. The molecule has 0 fully saturated rings. The first kappa shape index (κ1) is 28.7. The molecule has 5 heterocycles. The van der Waals surface area contributed by atoms with Crippen molar-refractivity contribution in [1.82, 2.24) is 19.5 Å². The van der Waals surface area contributed by atoms with Crippen LogP contribution in [0, 0.1) is 0 Å². The van der Waals surface area contributed by atoms with Gasteiger partial charge >= 0.3 is 0 Å². The minimum atomic E-state index is 0.612. The highest BCUT2D eigenvalue weighted by Crippen LogP contribution is 2.45. The summed E-state index contributed by atoms with van der Waals surface area (Å²) in [7, 11) is 0. The quantitative estimate of drug-likeness (QED) is 0.183. The lowest BCUT2D eigenvalue weighted by atomic mass is 10.1. The van der Waals surface area contributed by atoms with Crippen LogP contribution in [0.5, 0.6) is 0 Å². The van der Waals surface area contributed by atoms with Crippen LogP contribution in [0.1, 0.15) is 0 Å². The Balaban J connectivity index is 1.21. The van der Waals surface area contributed by atoms with Crippen LogP contribution in [-0.4, -0.2) is 19.5 Å². The minimum absolute atomic E-state index is 0.612. The number of hydrogen-bond acceptors (Lipinski definition) is 6. The fourth-order valence-corrected chi connectivity index (χ4v) is 11.6. The third-order valence-electron chi connectivity index (χ3n) is 10.3. The van der Waals surface area contributed by atoms with Gasteiger partial charge in [0.05, 0.1) is 11.0 Å². The van der Waals surface area contributed by atoms with Gasteiger partial charge in [-0.15, -0.1) is 34.0 Å². The van der Waals surface area contributed by atoms with Crippen molar-refractivity contribution in [3.05, 3.63) is 146 Å². The van der Waals surface area contributed by atoms with Gasteiger partial charge in [-0.3, -0.25) is 4.57 Å². The number of aromatic nitrogens is 4. The van der Waals surface area contributed by atoms with Crippen LogP contribution in [-0.2, 0) is 0 Å². The molecule has 12 rings (SSSR count). The van der Waals surface area contributed by atoms with E-state index >= 15 is 0 Å². The van der Waals surface area contributed by atoms with E-state index in [9.17, 15) is 0 Å². The second-order valence-corrected chi connectivity index (χ2v) is 16.3. The summed E-state index contributed by atoms with van der Waals surface area (Å²) in [4.78, 5) is 16.2. The standard InChI is InChI=1S/C45H24N4S3/c1-5-18-33-29(13-1)40-34(24-23-28-26-12-3-7-20-36(26)52-42(28)40)49(33)45-47-43(31-16-10-22-38-39(31)30-14-4-8-21-37(30)50-38)46-44(48-45)32-17-9-15-27-25-11-2-6-19-35(25)51-41(27)32/h1-24H. The van der Waals surface area contributed by atoms with Crippen LogP contribution in [0.4, 0.5) is 0 Å². The molecule has 0 amide bonds. The summed E-state index contributed by atoms with van der Waals surface area (Å²) in [5.74, 6) is 1.95. The largest absolute Gasteiger partial charge is 0.278 e. The van der Waals surface area contributed by atoms with Crippen LogP contribution < -0.4 is 0 Å². The van der Waals surface area contributed by atoms with Crippen LogP contribution in [0.25, 0.3) is 111 Å². The Morgan fingerprint density at radius 2 is 0.904 bits per heavy atom. The molecule has 7 aromatic carbocycles. The highest BCUT2D eigenvalue weighted by Gasteiger charge is 2.23. The molecule has 0 radical (unpaired) electrons. The number of para-hydroxylation sites is 1. The van der Waals surface area contributed by atoms with E-state index in [2.05, 4.69) is 150 Å². The van der Waals surface area contributed by atoms with Gasteiger partial charge in [0.25, 0.3) is 0 Å². The zero-order valence-corrected chi connectivity index (χ0v) is 29.8. The molecular weight excluding hydrogens is 693 g/mol. The highest BCUT2D eigenvalue weighted by molar-refractivity contribution is 7.27. The first-order chi connectivity index (χ1) is 25.8. The van der Waals surface area contributed by atoms with Crippen molar-refractivity contribution in [2.24, 2.45) is 0 Å². The topological polar surface area (TPSA) is 43.6 Å². The molecule has 0 spiro atoms. The van der Waals surface area contributed by atoms with Crippen molar-refractivity contribution in [2.45, 2.75) is 0 Å². The molecule has 0 aliphatic carbocycles. The van der Waals surface area contributed by atoms with Gasteiger partial charge < -0.3 is 0 Å². The Morgan fingerprint density at radius 1 is 0.346 bits per heavy atom. The zero-order chi connectivity index (χ0) is 33.9. The lowest BCUT2D eigenvalue weighted by molar-refractivity contribution is 0.955. The van der Waals surface area contributed by atoms with E-state index in [-0.39, 0.29) is 0 Å². The van der Waals surface area contributed by atoms with Crippen LogP contribution in [0.15, 0.2) is 146 Å². The average Bonchev–Trinajstić information content (AvgIpc) is 3.96. The van der Waals surface area contributed by atoms with Gasteiger partial charge in [-0.05, 0) is 42.5 Å². The second kappa shape index (κ2) is 10.8. The second-order valence-electron chi connectivity index (χ2n) is 13.1. The number of fused-ring (bicyclic) bond motifs is 13. The molecule has 0 bridgehead atoms. The third kappa shape index (κ3) is 3.98. The Kier molecular flexibility index (Phi) is 5.93. The summed E-state index contributed by atoms with van der Waals surface area (Å²) in [6, 6.07) is 52.1. The number of nitrogens with zero attached hydrogens (tertiary/aromatic N) is 4. The monoisotopic (exact) mass is 716 g/mol. The molecule has 52 heavy (non-hydrogen) atoms. The molecule has 242 valence electrons. The van der Waals surface area contributed by atoms with Crippen molar-refractivity contribution < 1.29 is 0 Å². The highest BCUT2D eigenvalue weighted by atomic mass is 32.1. The molecule has 0 N–H and O–H groups in total. The molecule has 12 aromatic rings. The molecule has 4 nitrogen and oxygen atoms in total. The van der Waals surface area contributed by atoms with Gasteiger partial charge in [-0.2, -0.15) is 9.97 Å². The summed E-state index contributed by atoms with van der Waals surface area (Å²) < 4.78 is 9.73. The van der Waals surface area contributed by atoms with Crippen molar-refractivity contribution >= 4 is 116 Å². The molecule has 0 atom stereocenters. The summed E-state index contributed by atoms with van der Waals surface area (Å²) in [5.41, 5.74) is 4.18. The van der Waals surface area contributed by atoms with Gasteiger partial charge in [0, 0.05) is 82.4 Å². The van der Waals surface area contributed by atoms with Gasteiger partial charge in [-0.25, -0.2) is 4.98 Å². The first-order valence-electron chi connectivity index (χ1n) is 17.2. The zero-order valence-electron chi connectivity index (χ0n) is 27.4. The number of thiophene rings is 3. The molecule has 7 heteroatoms. The molecule has 0 unspecified atom stereocenters. The molecule has 0 aliphatic rings. The van der Waals surface area contributed by atoms with Crippen molar-refractivity contribution in [3.8, 4) is 28.7 Å². The summed E-state index contributed by atoms with van der Waals surface area (Å²) >= 11 is 5.47. The summed E-state index contributed by atoms with van der Waals surface area (Å²) in [6.45, 7) is 0. The van der Waals surface area contributed by atoms with Crippen molar-refractivity contribution in [2.75, 3.05) is 0 Å². The minimum Gasteiger partial charge on any atom is -0.278 e. The van der Waals surface area contributed by atoms with E-state index < -0.39 is 0 Å². The maximum absolute atomic E-state index is 5.41. The van der Waals surface area contributed by atoms with E-state index in [1.54, 1.807) is 11.3 Å². The van der Waals surface area contributed by atoms with Gasteiger partial charge in [0.1, 0.15) is 0 Å².